The fourth-order valence-electron chi connectivity index (χ4n) is 4.09. The summed E-state index contributed by atoms with van der Waals surface area (Å²) in [4.78, 5) is 26.3. The number of carbonyl (C=O) groups excluding carboxylic acids is 2. The van der Waals surface area contributed by atoms with Crippen molar-refractivity contribution in [1.29, 1.82) is 0 Å². The maximum absolute atomic E-state index is 13.6. The topological polar surface area (TPSA) is 95.6 Å². The Morgan fingerprint density at radius 1 is 0.789 bits per heavy atom. The quantitative estimate of drug-likeness (QED) is 0.318. The smallest absolute Gasteiger partial charge is 0.264 e. The van der Waals surface area contributed by atoms with Gasteiger partial charge < -0.3 is 10.6 Å². The first kappa shape index (κ1) is 26.6. The molecule has 2 amide bonds. The van der Waals surface area contributed by atoms with Crippen molar-refractivity contribution >= 4 is 33.2 Å². The minimum Gasteiger partial charge on any atom is -0.348 e. The van der Waals surface area contributed by atoms with Crippen LogP contribution in [0.2, 0.25) is 0 Å². The highest BCUT2D eigenvalue weighted by atomic mass is 32.2. The van der Waals surface area contributed by atoms with Crippen molar-refractivity contribution in [2.75, 3.05) is 16.2 Å². The Bertz CT molecular complexity index is 1540. The van der Waals surface area contributed by atoms with E-state index in [1.807, 2.05) is 43.3 Å². The zero-order valence-corrected chi connectivity index (χ0v) is 22.0. The number of aryl methyl sites for hydroxylation is 2. The zero-order chi connectivity index (χ0) is 27.1. The lowest BCUT2D eigenvalue weighted by Crippen LogP contribution is -2.39. The molecular weight excluding hydrogens is 498 g/mol. The van der Waals surface area contributed by atoms with E-state index in [1.165, 1.54) is 12.1 Å². The highest BCUT2D eigenvalue weighted by Gasteiger charge is 2.28. The predicted octanol–water partition coefficient (Wildman–Crippen LogP) is 5.07. The molecule has 0 heterocycles. The number of sulfonamides is 1. The van der Waals surface area contributed by atoms with Gasteiger partial charge in [0.25, 0.3) is 15.9 Å². The second kappa shape index (κ2) is 11.7. The summed E-state index contributed by atoms with van der Waals surface area (Å²) in [6.45, 7) is 3.58. The summed E-state index contributed by atoms with van der Waals surface area (Å²) in [5.41, 5.74) is 3.61. The molecule has 0 spiro atoms. The van der Waals surface area contributed by atoms with Crippen LogP contribution in [-0.4, -0.2) is 26.8 Å². The summed E-state index contributed by atoms with van der Waals surface area (Å²) in [6, 6.07) is 29.5. The van der Waals surface area contributed by atoms with Crippen LogP contribution in [0.25, 0.3) is 0 Å². The molecule has 0 saturated heterocycles. The van der Waals surface area contributed by atoms with E-state index in [9.17, 15) is 18.0 Å². The predicted molar refractivity (Wildman–Crippen MR) is 150 cm³/mol. The molecule has 0 atom stereocenters. The molecular formula is C30H29N3O4S. The van der Waals surface area contributed by atoms with Gasteiger partial charge in [-0.2, -0.15) is 0 Å². The van der Waals surface area contributed by atoms with E-state index in [4.69, 9.17) is 0 Å². The van der Waals surface area contributed by atoms with Crippen molar-refractivity contribution in [3.63, 3.8) is 0 Å². The van der Waals surface area contributed by atoms with Crippen LogP contribution in [0.5, 0.6) is 0 Å². The average molecular weight is 528 g/mol. The maximum atomic E-state index is 13.6. The maximum Gasteiger partial charge on any atom is 0.264 e. The van der Waals surface area contributed by atoms with E-state index < -0.39 is 22.5 Å². The molecule has 4 aromatic rings. The Morgan fingerprint density at radius 2 is 1.42 bits per heavy atom. The summed E-state index contributed by atoms with van der Waals surface area (Å²) >= 11 is 0. The minimum absolute atomic E-state index is 0.0773. The van der Waals surface area contributed by atoms with Crippen LogP contribution in [0.1, 0.15) is 27.0 Å². The van der Waals surface area contributed by atoms with E-state index in [-0.39, 0.29) is 16.4 Å². The third kappa shape index (κ3) is 6.27. The lowest BCUT2D eigenvalue weighted by molar-refractivity contribution is -0.114. The molecule has 0 aromatic heterocycles. The van der Waals surface area contributed by atoms with Crippen LogP contribution in [0.4, 0.5) is 11.4 Å². The molecule has 0 aliphatic heterocycles. The summed E-state index contributed by atoms with van der Waals surface area (Å²) < 4.78 is 28.4. The molecule has 0 bridgehead atoms. The van der Waals surface area contributed by atoms with Crippen LogP contribution in [0.3, 0.4) is 0 Å². The molecule has 7 nitrogen and oxygen atoms in total. The van der Waals surface area contributed by atoms with E-state index >= 15 is 0 Å². The molecule has 38 heavy (non-hydrogen) atoms. The van der Waals surface area contributed by atoms with Crippen LogP contribution in [-0.2, 0) is 21.4 Å². The minimum atomic E-state index is -4.05. The van der Waals surface area contributed by atoms with Gasteiger partial charge in [-0.25, -0.2) is 8.42 Å². The van der Waals surface area contributed by atoms with Gasteiger partial charge in [-0.1, -0.05) is 78.4 Å². The van der Waals surface area contributed by atoms with Crippen LogP contribution in [0, 0.1) is 13.8 Å². The van der Waals surface area contributed by atoms with Crippen molar-refractivity contribution < 1.29 is 18.0 Å². The lowest BCUT2D eigenvalue weighted by atomic mass is 10.1. The largest absolute Gasteiger partial charge is 0.348 e. The first-order valence-electron chi connectivity index (χ1n) is 12.1. The first-order valence-corrected chi connectivity index (χ1v) is 13.6. The highest BCUT2D eigenvalue weighted by Crippen LogP contribution is 2.28. The molecule has 0 radical (unpaired) electrons. The van der Waals surface area contributed by atoms with Crippen LogP contribution < -0.4 is 14.9 Å². The molecule has 0 unspecified atom stereocenters. The Morgan fingerprint density at radius 3 is 2.11 bits per heavy atom. The van der Waals surface area contributed by atoms with Gasteiger partial charge in [-0.05, 0) is 55.3 Å². The van der Waals surface area contributed by atoms with Crippen LogP contribution >= 0.6 is 0 Å². The number of benzene rings is 4. The van der Waals surface area contributed by atoms with Crippen molar-refractivity contribution in [2.24, 2.45) is 0 Å². The van der Waals surface area contributed by atoms with Crippen molar-refractivity contribution in [1.82, 2.24) is 5.32 Å². The molecule has 8 heteroatoms. The van der Waals surface area contributed by atoms with Gasteiger partial charge in [0, 0.05) is 6.54 Å². The molecule has 0 aliphatic carbocycles. The van der Waals surface area contributed by atoms with Gasteiger partial charge in [0.05, 0.1) is 21.8 Å². The molecule has 4 rings (SSSR count). The van der Waals surface area contributed by atoms with E-state index in [1.54, 1.807) is 61.5 Å². The van der Waals surface area contributed by atoms with Crippen molar-refractivity contribution in [2.45, 2.75) is 25.3 Å². The summed E-state index contributed by atoms with van der Waals surface area (Å²) in [5, 5.41) is 5.60. The second-order valence-electron chi connectivity index (χ2n) is 8.88. The second-order valence-corrected chi connectivity index (χ2v) is 10.7. The Labute approximate surface area is 223 Å². The van der Waals surface area contributed by atoms with E-state index in [2.05, 4.69) is 10.6 Å². The average Bonchev–Trinajstić information content (AvgIpc) is 2.92. The summed E-state index contributed by atoms with van der Waals surface area (Å²) in [6.07, 6.45) is 0. The van der Waals surface area contributed by atoms with Gasteiger partial charge in [-0.3, -0.25) is 13.9 Å². The number of hydrogen-bond acceptors (Lipinski definition) is 4. The Hall–Kier alpha value is -4.43. The van der Waals surface area contributed by atoms with E-state index in [0.29, 0.717) is 17.9 Å². The number of para-hydroxylation sites is 1. The fraction of sp³-hybridized carbons (Fsp3) is 0.133. The highest BCUT2D eigenvalue weighted by molar-refractivity contribution is 7.92. The van der Waals surface area contributed by atoms with Gasteiger partial charge >= 0.3 is 0 Å². The third-order valence-electron chi connectivity index (χ3n) is 5.98. The van der Waals surface area contributed by atoms with Crippen LogP contribution in [0.15, 0.2) is 108 Å². The van der Waals surface area contributed by atoms with Gasteiger partial charge in [0.1, 0.15) is 6.54 Å². The first-order chi connectivity index (χ1) is 18.3. The SMILES string of the molecule is Cc1ccc(N(CC(=O)Nc2ccccc2C(=O)NCc2ccccc2)S(=O)(=O)c2ccccc2)c(C)c1. The monoisotopic (exact) mass is 527 g/mol. The number of anilines is 2. The summed E-state index contributed by atoms with van der Waals surface area (Å²) in [7, 11) is -4.05. The normalized spacial score (nSPS) is 11.0. The van der Waals surface area contributed by atoms with E-state index in [0.717, 1.165) is 21.0 Å². The standard InChI is InChI=1S/C30H29N3O4S/c1-22-17-18-28(23(2)19-22)33(38(36,37)25-13-7-4-8-14-25)21-29(34)32-27-16-10-9-15-26(27)30(35)31-20-24-11-5-3-6-12-24/h3-19H,20-21H2,1-2H3,(H,31,35)(H,32,34). The number of nitrogens with zero attached hydrogens (tertiary/aromatic N) is 1. The lowest BCUT2D eigenvalue weighted by Gasteiger charge is -2.26. The zero-order valence-electron chi connectivity index (χ0n) is 21.2. The molecule has 2 N–H and O–H groups in total. The van der Waals surface area contributed by atoms with Crippen molar-refractivity contribution in [3.8, 4) is 0 Å². The van der Waals surface area contributed by atoms with Crippen molar-refractivity contribution in [3.05, 3.63) is 125 Å². The Balaban J connectivity index is 1.58. The van der Waals surface area contributed by atoms with Gasteiger partial charge in [-0.15, -0.1) is 0 Å². The number of carbonyl (C=O) groups is 2. The number of amides is 2. The number of hydrogen-bond donors (Lipinski definition) is 2. The fourth-order valence-corrected chi connectivity index (χ4v) is 5.59. The molecule has 0 fully saturated rings. The third-order valence-corrected chi connectivity index (χ3v) is 7.76. The molecule has 0 aliphatic rings. The molecule has 194 valence electrons. The van der Waals surface area contributed by atoms with Gasteiger partial charge in [0.2, 0.25) is 5.91 Å². The summed E-state index contributed by atoms with van der Waals surface area (Å²) in [5.74, 6) is -0.930. The molecule has 0 saturated carbocycles. The Kier molecular flexibility index (Phi) is 8.23. The number of nitrogens with one attached hydrogen (secondary N) is 2. The van der Waals surface area contributed by atoms with Gasteiger partial charge in [0.15, 0.2) is 0 Å². The molecule has 4 aromatic carbocycles. The number of rotatable bonds is 9.